The zero-order valence-electron chi connectivity index (χ0n) is 132. The predicted octanol–water partition coefficient (Wildman–Crippen LogP) is 22.2. The van der Waals surface area contributed by atoms with Crippen LogP contribution in [0.15, 0.2) is 248 Å². The molecule has 0 radical (unpaired) electrons. The van der Waals surface area contributed by atoms with Crippen LogP contribution in [0, 0.1) is 29.2 Å². The van der Waals surface area contributed by atoms with Crippen LogP contribution in [0.25, 0.3) is 33.4 Å². The topological polar surface area (TPSA) is 175 Å². The summed E-state index contributed by atoms with van der Waals surface area (Å²) in [5, 5.41) is -2.61. The lowest BCUT2D eigenvalue weighted by molar-refractivity contribution is -0.138. The highest BCUT2D eigenvalue weighted by Gasteiger charge is 2.36. The van der Waals surface area contributed by atoms with E-state index in [9.17, 15) is 82.1 Å². The van der Waals surface area contributed by atoms with E-state index >= 15 is 4.79 Å². The van der Waals surface area contributed by atoms with Gasteiger partial charge in [0, 0.05) is 156 Å². The molecule has 3 amide bonds. The number of halogens is 12. The average Bonchev–Trinajstić information content (AvgIpc) is 1.52. The number of hydrogen-bond donors (Lipinski definition) is 0. The van der Waals surface area contributed by atoms with E-state index in [-0.39, 0.29) is 106 Å². The van der Waals surface area contributed by atoms with Crippen molar-refractivity contribution in [1.82, 2.24) is 58.1 Å². The number of fused-ring (bicyclic) bond motifs is 3. The summed E-state index contributed by atoms with van der Waals surface area (Å²) < 4.78 is 647. The van der Waals surface area contributed by atoms with Crippen molar-refractivity contribution < 1.29 is 144 Å². The molecular formula is C110H118F12N12O6S3. The maximum Gasteiger partial charge on any atom is 0.416 e. The van der Waals surface area contributed by atoms with Crippen LogP contribution in [-0.4, -0.2) is 154 Å². The van der Waals surface area contributed by atoms with Crippen molar-refractivity contribution >= 4 is 53.0 Å². The van der Waals surface area contributed by atoms with E-state index < -0.39 is 421 Å². The molecule has 0 fully saturated rings. The van der Waals surface area contributed by atoms with Gasteiger partial charge in [0.1, 0.15) is 37.1 Å². The van der Waals surface area contributed by atoms with Gasteiger partial charge in [0.15, 0.2) is 15.5 Å². The number of thioether (sulfide) groups is 3. The lowest BCUT2D eigenvalue weighted by atomic mass is 10.0. The van der Waals surface area contributed by atoms with Crippen molar-refractivity contribution in [3.05, 3.63) is 350 Å². The van der Waals surface area contributed by atoms with Crippen LogP contribution in [0.2, 0.25) is 0 Å². The number of carbonyl (C=O) groups is 3. The number of nitrogens with zero attached hydrogens (tertiary/aromatic N) is 12. The number of benzene rings is 9. The largest absolute Gasteiger partial charge is 0.416 e. The third-order valence-corrected chi connectivity index (χ3v) is 22.8. The fourth-order valence-corrected chi connectivity index (χ4v) is 15.5. The molecule has 756 valence electrons. The molecule has 3 aliphatic carbocycles. The standard InChI is InChI=1S/2C37H40F4N4O2S.C36H38F4N4O2S/c2*1-4-43(5-2)18-19-44(22-26-6-10-28(11-7-26)29-12-14-30(15-13-29)37(39,40)41)34(46)23-45-33-21-25(3)20-32(33)35(47)42-36(45)48-24-27-8-16-31(38)17-9-27;1-3-42(4-2)20-21-43(22-25-8-12-27(13-9-25)28-14-16-29(17-15-28)36(38,39)40)33(45)23-44-32-7-5-6-31(32)34(46)41-35(44)47-24-26-10-18-30(37)19-11-26/h2*6-17,25H,4-5,18-24H2,1-3H3;8-19H,3-7,20-24H2,1-2H3/i4D2,5D2,6D,7D,10D,11D,12D,13D,14D,15D,18D2,19D2,20D2,21D2,24D2,25D;4D2,5D2,8D,9D,16D,17D,18D2,19D2,20D2,21D2,24D2,25D;3D2,4D2,10D,11D,18D,19D,20D2,21D2,24D2. The van der Waals surface area contributed by atoms with Gasteiger partial charge in [-0.25, -0.2) is 13.2 Å². The smallest absolute Gasteiger partial charge is 0.336 e. The number of carbonyl (C=O) groups excluding carboxylic acids is 3. The van der Waals surface area contributed by atoms with Crippen molar-refractivity contribution in [3.63, 3.8) is 0 Å². The van der Waals surface area contributed by atoms with Gasteiger partial charge in [0.25, 0.3) is 16.7 Å². The SMILES string of the molecule is [2H]c1c([2H])c(-c2c([2H])c([2H])c(C(F)(F)F)c([2H])c2[2H])c([2H])c([2H])c1CN(C(=O)Cn1c(SC([2H])([2H])c2ccc(F)cc2)nc(=O)c2c1C([2H])([2H])C([2H])(C)C2([2H])[2H])C([2H])([2H])C([2H])([2H])N(C([2H])([2H])C)C([2H])([2H])C.[2H]c1c([2H])c(C([2H])([2H])Sc2nc(=O)c3c(n2CC(=O)N(Cc2ccc(-c4ccc(C(F)(F)F)cc4)cc2)C([2H])([2H])C([2H])([2H])N(C([2H])([2H])C)C([2H])([2H])C)C([2H])([2H])C([2H])(C)C3([2H])[2H])c([2H])c([2H])c1F.[2H]c1c([2H])c(C([2H])([2H])Sc2nc(=O)c3c(n2CC(=O)N(Cc2ccc(-c4ccc(C(F)(F)F)cc4)cc2)C([2H])([2H])C([2H])([2H])N(C([2H])([2H])C)C([2H])([2H])C)CCC3)c([2H])c([2H])c1F. The van der Waals surface area contributed by atoms with Gasteiger partial charge in [0.05, 0.1) is 46.8 Å². The zero-order valence-corrected chi connectivity index (χ0v) is 78.4. The molecule has 0 N–H and O–H groups in total. The molecular weight excluding hydrogens is 1910 g/mol. The first-order valence-electron chi connectivity index (χ1n) is 70.1. The van der Waals surface area contributed by atoms with Crippen LogP contribution in [-0.2, 0) is 128 Å². The Labute approximate surface area is 917 Å². The van der Waals surface area contributed by atoms with Crippen LogP contribution >= 0.6 is 35.3 Å². The Bertz CT molecular complexity index is 9480. The van der Waals surface area contributed by atoms with Gasteiger partial charge in [-0.2, -0.15) is 54.5 Å². The maximum atomic E-state index is 15.1. The molecule has 3 aromatic heterocycles. The number of aromatic nitrogens is 6. The lowest BCUT2D eigenvalue weighted by Gasteiger charge is -2.28. The van der Waals surface area contributed by atoms with E-state index in [0.29, 0.717) is 64.8 Å². The summed E-state index contributed by atoms with van der Waals surface area (Å²) >= 11 is -0.224. The summed E-state index contributed by atoms with van der Waals surface area (Å²) in [6.07, 6.45) is -27.2. The van der Waals surface area contributed by atoms with Gasteiger partial charge in [-0.3, -0.25) is 28.8 Å². The van der Waals surface area contributed by atoms with Crippen LogP contribution in [0.3, 0.4) is 0 Å². The minimum absolute atomic E-state index is 0.0177. The highest BCUT2D eigenvalue weighted by atomic mass is 32.2. The van der Waals surface area contributed by atoms with E-state index in [1.807, 2.05) is 0 Å². The molecule has 33 heteroatoms. The normalized spacial score (nSPS) is 23.5. The molecule has 0 bridgehead atoms. The summed E-state index contributed by atoms with van der Waals surface area (Å²) in [5.74, 6) is -14.7. The van der Waals surface area contributed by atoms with Crippen molar-refractivity contribution in [2.24, 2.45) is 11.8 Å². The first kappa shape index (κ1) is 56.0. The second kappa shape index (κ2) is 50.1. The molecule has 0 spiro atoms. The van der Waals surface area contributed by atoms with Crippen LogP contribution in [0.4, 0.5) is 52.7 Å². The van der Waals surface area contributed by atoms with E-state index in [4.69, 9.17) is 71.3 Å². The summed E-state index contributed by atoms with van der Waals surface area (Å²) in [5.41, 5.74) is -25.6. The molecule has 18 nitrogen and oxygen atoms in total. The molecule has 0 saturated heterocycles. The Hall–Kier alpha value is -11.9. The molecule has 12 aromatic rings. The fraction of sp³-hybridized carbons (Fsp3) is 0.373. The minimum atomic E-state index is -5.45. The number of alkyl halides is 9. The third-order valence-electron chi connectivity index (χ3n) is 20.4. The molecule has 143 heavy (non-hydrogen) atoms. The molecule has 0 saturated carbocycles. The Morgan fingerprint density at radius 2 is 0.657 bits per heavy atom. The molecule has 2 atom stereocenters. The maximum absolute atomic E-state index is 15.1. The Kier molecular flexibility index (Phi) is 19.6. The van der Waals surface area contributed by atoms with Gasteiger partial charge in [-0.15, -0.1) is 0 Å². The van der Waals surface area contributed by atoms with Crippen LogP contribution in [0.5, 0.6) is 0 Å². The molecule has 3 aliphatic rings. The van der Waals surface area contributed by atoms with E-state index in [1.54, 1.807) is 0 Å². The van der Waals surface area contributed by atoms with Crippen LogP contribution in [0.1, 0.15) is 222 Å². The minimum Gasteiger partial charge on any atom is -0.336 e. The van der Waals surface area contributed by atoms with Gasteiger partial charge < -0.3 is 43.1 Å². The van der Waals surface area contributed by atoms with Crippen molar-refractivity contribution in [2.75, 3.05) is 78.0 Å². The van der Waals surface area contributed by atoms with E-state index in [2.05, 4.69) is 15.0 Å². The molecule has 3 heterocycles. The second-order valence-corrected chi connectivity index (χ2v) is 32.3. The highest BCUT2D eigenvalue weighted by molar-refractivity contribution is 7.98. The van der Waals surface area contributed by atoms with Gasteiger partial charge in [-0.05, 0) is 235 Å². The zero-order chi connectivity index (χ0) is 152. The fourth-order valence-electron chi connectivity index (χ4n) is 13.3. The monoisotopic (exact) mass is 2080 g/mol. The predicted molar refractivity (Wildman–Crippen MR) is 539 cm³/mol. The quantitative estimate of drug-likeness (QED) is 0.0202. The van der Waals surface area contributed by atoms with Gasteiger partial charge in [0.2, 0.25) is 17.7 Å². The Balaban J connectivity index is 0.000000240. The molecule has 2 unspecified atom stereocenters. The number of amides is 3. The second-order valence-electron chi connectivity index (χ2n) is 29.9. The first-order chi connectivity index (χ1) is 89.6. The summed E-state index contributed by atoms with van der Waals surface area (Å²) in [6, 6.07) is 1.39. The molecule has 15 rings (SSSR count). The third kappa shape index (κ3) is 29.7. The van der Waals surface area contributed by atoms with E-state index in [0.717, 1.165) is 92.9 Å². The number of rotatable bonds is 39. The number of likely N-dealkylation sites (N-methyl/N-ethyl adjacent to an activating group) is 3. The highest BCUT2D eigenvalue weighted by Crippen LogP contribution is 2.38. The van der Waals surface area contributed by atoms with Crippen molar-refractivity contribution in [3.8, 4) is 33.4 Å². The summed E-state index contributed by atoms with van der Waals surface area (Å²) in [6.45, 7) is -43.4. The first-order valence-corrected chi connectivity index (χ1v) is 44.5. The Morgan fingerprint density at radius 3 is 1.00 bits per heavy atom. The molecule has 0 aliphatic heterocycles. The summed E-state index contributed by atoms with van der Waals surface area (Å²) in [7, 11) is 0. The van der Waals surface area contributed by atoms with Gasteiger partial charge in [-0.1, -0.05) is 236 Å². The Morgan fingerprint density at radius 1 is 0.357 bits per heavy atom. The number of hydrogen-bond acceptors (Lipinski definition) is 15. The van der Waals surface area contributed by atoms with Gasteiger partial charge >= 0.3 is 18.5 Å². The van der Waals surface area contributed by atoms with Crippen molar-refractivity contribution in [2.45, 2.75) is 191 Å². The molecule has 9 aromatic carbocycles. The lowest BCUT2D eigenvalue weighted by Crippen LogP contribution is -2.40. The summed E-state index contributed by atoms with van der Waals surface area (Å²) in [4.78, 5) is 96.6. The average molecular weight is 2080 g/mol. The van der Waals surface area contributed by atoms with Crippen molar-refractivity contribution in [1.29, 1.82) is 0 Å². The van der Waals surface area contributed by atoms with Crippen LogP contribution < -0.4 is 16.7 Å². The van der Waals surface area contributed by atoms with E-state index in [1.165, 1.54) is 60.7 Å².